The molecule has 0 aliphatic heterocycles. The van der Waals surface area contributed by atoms with Gasteiger partial charge in [0, 0.05) is 0 Å². The number of halogens is 7. The van der Waals surface area contributed by atoms with Crippen LogP contribution < -0.4 is 25.9 Å². The summed E-state index contributed by atoms with van der Waals surface area (Å²) >= 11 is -11.6. The van der Waals surface area contributed by atoms with Crippen molar-refractivity contribution in [1.82, 2.24) is 0 Å². The third-order valence-electron chi connectivity index (χ3n) is 4.52. The summed E-state index contributed by atoms with van der Waals surface area (Å²) in [6, 6.07) is 16.6. The number of hydrogen-bond acceptors (Lipinski definition) is 2. The monoisotopic (exact) mass is 717 g/mol. The van der Waals surface area contributed by atoms with Gasteiger partial charge in [-0.25, -0.2) is 0 Å². The fraction of sp³-hybridized carbons (Fsp3) is 0.500. The normalized spacial score (nSPS) is 14.8. The first-order valence-corrected chi connectivity index (χ1v) is 19.3. The molecule has 196 valence electrons. The van der Waals surface area contributed by atoms with Crippen LogP contribution in [0.25, 0.3) is 0 Å². The number of aliphatic hydroxyl groups excluding tert-OH is 1. The van der Waals surface area contributed by atoms with Crippen molar-refractivity contribution in [1.29, 1.82) is 0 Å². The van der Waals surface area contributed by atoms with E-state index in [1.54, 1.807) is 6.07 Å². The Hall–Kier alpha value is -0.672. The predicted octanol–water partition coefficient (Wildman–Crippen LogP) is 5.23. The van der Waals surface area contributed by atoms with E-state index < -0.39 is 25.6 Å². The molecule has 34 heavy (non-hydrogen) atoms. The first-order chi connectivity index (χ1) is 16.1. The molecule has 2 nitrogen and oxygen atoms in total. The Bertz CT molecular complexity index is 858. The number of ether oxygens (including phenoxy) is 1. The molecule has 1 N–H and O–H groups in total. The topological polar surface area (TPSA) is 29.5 Å². The number of aliphatic hydroxyl groups is 1. The zero-order valence-corrected chi connectivity index (χ0v) is 23.9. The second-order valence-electron chi connectivity index (χ2n) is 7.95. The number of rotatable bonds is 14. The van der Waals surface area contributed by atoms with E-state index in [9.17, 15) is 22.0 Å². The number of hydrogen-bond donors (Lipinski definition) is 1. The average molecular weight is 718 g/mol. The average Bonchev–Trinajstić information content (AvgIpc) is 2.74. The Morgan fingerprint density at radius 2 is 1.38 bits per heavy atom. The van der Waals surface area contributed by atoms with Gasteiger partial charge in [0.25, 0.3) is 0 Å². The molecule has 2 aromatic rings. The van der Waals surface area contributed by atoms with Gasteiger partial charge in [-0.15, -0.1) is 0 Å². The van der Waals surface area contributed by atoms with Gasteiger partial charge in [0.1, 0.15) is 12.4 Å². The van der Waals surface area contributed by atoms with Gasteiger partial charge in [0.2, 0.25) is 0 Å². The second-order valence-corrected chi connectivity index (χ2v) is 16.4. The van der Waals surface area contributed by atoms with Crippen LogP contribution in [0.1, 0.15) is 66.1 Å². The molecule has 2 rings (SSSR count). The van der Waals surface area contributed by atoms with Gasteiger partial charge in [0.05, 0.1) is 7.47 Å². The second kappa shape index (κ2) is 14.2. The summed E-state index contributed by atoms with van der Waals surface area (Å²) < 4.78 is 75.9. The maximum atomic E-state index is 10.1. The van der Waals surface area contributed by atoms with Crippen molar-refractivity contribution in [3.05, 3.63) is 61.7 Å². The van der Waals surface area contributed by atoms with Gasteiger partial charge in [-0.3, -0.25) is 0 Å². The molecule has 0 fully saturated rings. The molecule has 0 radical (unpaired) electrons. The summed E-state index contributed by atoms with van der Waals surface area (Å²) in [6.45, 7) is 2.55. The first-order valence-electron chi connectivity index (χ1n) is 11.8. The van der Waals surface area contributed by atoms with Gasteiger partial charge in [-0.05, 0) is 42.8 Å². The van der Waals surface area contributed by atoms with Crippen LogP contribution in [0.2, 0.25) is 0 Å². The van der Waals surface area contributed by atoms with Crippen LogP contribution in [-0.2, 0) is 0 Å². The van der Waals surface area contributed by atoms with Gasteiger partial charge in [-0.1, -0.05) is 76.5 Å². The van der Waals surface area contributed by atoms with Crippen LogP contribution in [0.5, 0.6) is 5.75 Å². The quantitative estimate of drug-likeness (QED) is 0.126. The molecule has 0 amide bonds. The third kappa shape index (κ3) is 21.8. The van der Waals surface area contributed by atoms with Crippen molar-refractivity contribution < 1.29 is 49.3 Å². The molecule has 0 saturated heterocycles. The summed E-state index contributed by atoms with van der Waals surface area (Å²) in [4.78, 5) is 0. The van der Waals surface area contributed by atoms with E-state index in [4.69, 9.17) is 6.11 Å². The summed E-state index contributed by atoms with van der Waals surface area (Å²) in [6.07, 6.45) is 10.6. The molecule has 0 aliphatic rings. The van der Waals surface area contributed by atoms with Gasteiger partial charge < -0.3 is 9.84 Å². The van der Waals surface area contributed by atoms with Crippen molar-refractivity contribution >= 4 is 19.5 Å². The first kappa shape index (κ1) is 29.6. The van der Waals surface area contributed by atoms with Crippen LogP contribution >= 0.6 is 0 Å². The molecule has 0 aromatic heterocycles. The minimum atomic E-state index is -11.2. The van der Waals surface area contributed by atoms with Crippen molar-refractivity contribution in [2.24, 2.45) is 0 Å². The van der Waals surface area contributed by atoms with Gasteiger partial charge >= 0.3 is 57.6 Å². The zero-order valence-electron chi connectivity index (χ0n) is 20.2. The number of unbranched alkanes of at least 4 members (excludes halogenated alkanes) is 7. The van der Waals surface area contributed by atoms with Gasteiger partial charge in [-0.2, -0.15) is 0 Å². The van der Waals surface area contributed by atoms with Crippen LogP contribution in [0.4, 0.5) is 16.9 Å². The summed E-state index contributed by atoms with van der Waals surface area (Å²) in [5.74, 6) is 0.681. The van der Waals surface area contributed by atoms with E-state index in [0.717, 1.165) is 16.4 Å². The molecule has 2 aromatic carbocycles. The van der Waals surface area contributed by atoms with E-state index in [-0.39, 0.29) is 21.2 Å². The van der Waals surface area contributed by atoms with E-state index in [0.29, 0.717) is 18.4 Å². The summed E-state index contributed by atoms with van der Waals surface area (Å²) in [5, 5.41) is 10.1. The molecule has 10 heteroatoms. The molecule has 0 aliphatic carbocycles. The fourth-order valence-electron chi connectivity index (χ4n) is 2.92. The Morgan fingerprint density at radius 3 is 1.94 bits per heavy atom. The van der Waals surface area contributed by atoms with E-state index in [2.05, 4.69) is 19.1 Å². The Balaban J connectivity index is 0.000000762. The fourth-order valence-corrected chi connectivity index (χ4v) is 5.04. The molecule has 1 unspecified atom stereocenters. The van der Waals surface area contributed by atoms with E-state index >= 15 is 0 Å². The molecule has 1 atom stereocenters. The molecule has 0 bridgehead atoms. The minimum absolute atomic E-state index is 0.309. The standard InChI is InChI=1S/C24H34IO2.6FH.Sb/c1-2-3-4-5-6-7-8-12-15-23(26)20-27-24-18-16-22(17-19-24)25-21-13-10-9-11-14-21;;;;;;;/h9-11,13-14,16-19,23,26H,2-8,12,15,20H2,1H3;6*1H;/q+1;;;;;;;+5/p-6/i16D;;;;;;;. The Kier molecular flexibility index (Phi) is 12.3. The SMILES string of the molecule is [2H]c1cc(OCC(O)CCCCCCCCCC)ccc1[I+]c1ccccc1.[F][Sb-]([F])([F])([F])([F])[F]. The van der Waals surface area contributed by atoms with E-state index in [1.165, 1.54) is 48.5 Å². The van der Waals surface area contributed by atoms with Crippen LogP contribution in [0.15, 0.2) is 54.6 Å². The molecule has 0 saturated carbocycles. The molecular weight excluding hydrogens is 683 g/mol. The molecule has 0 heterocycles. The van der Waals surface area contributed by atoms with Crippen LogP contribution in [0, 0.1) is 7.14 Å². The van der Waals surface area contributed by atoms with Crippen LogP contribution in [0.3, 0.4) is 0 Å². The van der Waals surface area contributed by atoms with Crippen LogP contribution in [-0.4, -0.2) is 37.3 Å². The van der Waals surface area contributed by atoms with Crippen molar-refractivity contribution in [3.63, 3.8) is 0 Å². The van der Waals surface area contributed by atoms with Crippen molar-refractivity contribution in [2.45, 2.75) is 70.8 Å². The third-order valence-corrected chi connectivity index (χ3v) is 7.12. The molecular formula is C24H34F6IO2Sb. The zero-order chi connectivity index (χ0) is 26.4. The Labute approximate surface area is 212 Å². The summed E-state index contributed by atoms with van der Waals surface area (Å²) in [7, 11) is 0. The predicted molar refractivity (Wildman–Crippen MR) is 121 cm³/mol. The van der Waals surface area contributed by atoms with Crippen molar-refractivity contribution in [2.75, 3.05) is 6.61 Å². The van der Waals surface area contributed by atoms with Gasteiger partial charge in [0.15, 0.2) is 7.14 Å². The van der Waals surface area contributed by atoms with Crippen molar-refractivity contribution in [3.8, 4) is 5.75 Å². The maximum absolute atomic E-state index is 11.2. The molecule has 0 spiro atoms. The summed E-state index contributed by atoms with van der Waals surface area (Å²) in [5.41, 5.74) is 0. The Morgan fingerprint density at radius 1 is 0.824 bits per heavy atom. The van der Waals surface area contributed by atoms with E-state index in [1.807, 2.05) is 30.3 Å². The number of benzene rings is 2.